The second-order valence-electron chi connectivity index (χ2n) is 9.36. The van der Waals surface area contributed by atoms with Crippen molar-refractivity contribution in [3.63, 3.8) is 0 Å². The summed E-state index contributed by atoms with van der Waals surface area (Å²) < 4.78 is 15.2. The van der Waals surface area contributed by atoms with Crippen LogP contribution in [0.1, 0.15) is 11.1 Å². The standard InChI is InChI=1S/C32H24Cl2N6O3/c33-25-9-13-27(14-10-25)38-19-17-31(36-38)42-21-23-5-1-3-7-29(23)35-40(41)30-8-4-2-6-24(30)22-43-32-18-20-39(37-32)28-15-11-26(34)12-16-28/h1-20H,21-22H2. The normalized spacial score (nSPS) is 11.4. The molecule has 0 aliphatic heterocycles. The first-order valence-corrected chi connectivity index (χ1v) is 14.0. The van der Waals surface area contributed by atoms with Gasteiger partial charge in [0, 0.05) is 51.3 Å². The first-order valence-electron chi connectivity index (χ1n) is 13.3. The van der Waals surface area contributed by atoms with Crippen LogP contribution in [0.3, 0.4) is 0 Å². The first kappa shape index (κ1) is 28.0. The first-order chi connectivity index (χ1) is 21.0. The van der Waals surface area contributed by atoms with E-state index in [-0.39, 0.29) is 13.2 Å². The van der Waals surface area contributed by atoms with E-state index in [9.17, 15) is 5.21 Å². The summed E-state index contributed by atoms with van der Waals surface area (Å²) >= 11 is 12.0. The highest BCUT2D eigenvalue weighted by Gasteiger charge is 2.15. The smallest absolute Gasteiger partial charge is 0.251 e. The molecule has 0 radical (unpaired) electrons. The molecule has 0 bridgehead atoms. The molecule has 43 heavy (non-hydrogen) atoms. The summed E-state index contributed by atoms with van der Waals surface area (Å²) in [6.45, 7) is 0.301. The van der Waals surface area contributed by atoms with E-state index in [1.165, 1.54) is 0 Å². The Morgan fingerprint density at radius 2 is 1.12 bits per heavy atom. The van der Waals surface area contributed by atoms with Gasteiger partial charge in [-0.2, -0.15) is 0 Å². The van der Waals surface area contributed by atoms with Crippen molar-refractivity contribution < 1.29 is 14.3 Å². The van der Waals surface area contributed by atoms with Crippen LogP contribution in [0.25, 0.3) is 11.4 Å². The fourth-order valence-electron chi connectivity index (χ4n) is 4.25. The summed E-state index contributed by atoms with van der Waals surface area (Å²) in [7, 11) is 0. The third kappa shape index (κ3) is 6.86. The Labute approximate surface area is 257 Å². The molecule has 9 nitrogen and oxygen atoms in total. The molecule has 4 aromatic carbocycles. The second-order valence-corrected chi connectivity index (χ2v) is 10.2. The Morgan fingerprint density at radius 1 is 0.628 bits per heavy atom. The van der Waals surface area contributed by atoms with E-state index in [4.69, 9.17) is 32.7 Å². The van der Waals surface area contributed by atoms with Crippen molar-refractivity contribution in [2.75, 3.05) is 0 Å². The lowest BCUT2D eigenvalue weighted by Gasteiger charge is -2.09. The van der Waals surface area contributed by atoms with Gasteiger partial charge in [0.2, 0.25) is 11.8 Å². The molecule has 214 valence electrons. The maximum atomic E-state index is 13.3. The van der Waals surface area contributed by atoms with Crippen molar-refractivity contribution in [3.05, 3.63) is 148 Å². The lowest BCUT2D eigenvalue weighted by atomic mass is 10.2. The zero-order chi connectivity index (χ0) is 29.6. The minimum Gasteiger partial charge on any atom is -0.594 e. The molecule has 2 heterocycles. The monoisotopic (exact) mass is 610 g/mol. The molecule has 0 atom stereocenters. The van der Waals surface area contributed by atoms with Crippen molar-refractivity contribution in [3.8, 4) is 23.1 Å². The highest BCUT2D eigenvalue weighted by atomic mass is 35.5. The highest BCUT2D eigenvalue weighted by molar-refractivity contribution is 6.30. The molecule has 0 fully saturated rings. The number of hydrogen-bond acceptors (Lipinski definition) is 6. The summed E-state index contributed by atoms with van der Waals surface area (Å²) in [6.07, 6.45) is 3.59. The fraction of sp³-hybridized carbons (Fsp3) is 0.0625. The zero-order valence-corrected chi connectivity index (χ0v) is 24.1. The Morgan fingerprint density at radius 3 is 1.70 bits per heavy atom. The van der Waals surface area contributed by atoms with E-state index < -0.39 is 0 Å². The average Bonchev–Trinajstić information content (AvgIpc) is 3.71. The molecule has 6 aromatic rings. The molecule has 0 N–H and O–H groups in total. The number of halogens is 2. The summed E-state index contributed by atoms with van der Waals surface area (Å²) in [5.74, 6) is 0.852. The van der Waals surface area contributed by atoms with Gasteiger partial charge in [-0.15, -0.1) is 10.2 Å². The van der Waals surface area contributed by atoms with Crippen molar-refractivity contribution >= 4 is 34.6 Å². The Balaban J connectivity index is 1.14. The topological polar surface area (TPSA) is 92.5 Å². The maximum Gasteiger partial charge on any atom is 0.251 e. The van der Waals surface area contributed by atoms with Crippen LogP contribution < -0.4 is 9.47 Å². The van der Waals surface area contributed by atoms with Crippen LogP contribution in [0.2, 0.25) is 10.0 Å². The molecule has 6 rings (SSSR count). The largest absolute Gasteiger partial charge is 0.594 e. The van der Waals surface area contributed by atoms with Crippen LogP contribution in [0.15, 0.2) is 127 Å². The van der Waals surface area contributed by atoms with Gasteiger partial charge in [0.1, 0.15) is 18.9 Å². The third-order valence-corrected chi connectivity index (χ3v) is 6.95. The molecular formula is C32H24Cl2N6O3. The SMILES string of the molecule is [O-][N+](=Nc1ccccc1COc1ccn(-c2ccc(Cl)cc2)n1)c1ccccc1COc1ccn(-c2ccc(Cl)cc2)n1. The number of aromatic nitrogens is 4. The van der Waals surface area contributed by atoms with Gasteiger partial charge in [-0.1, -0.05) is 53.5 Å². The van der Waals surface area contributed by atoms with E-state index in [2.05, 4.69) is 15.3 Å². The van der Waals surface area contributed by atoms with Crippen LogP contribution in [0, 0.1) is 5.21 Å². The van der Waals surface area contributed by atoms with Crippen molar-refractivity contribution in [1.29, 1.82) is 0 Å². The second kappa shape index (κ2) is 12.8. The lowest BCUT2D eigenvalue weighted by Crippen LogP contribution is -2.03. The molecule has 0 saturated carbocycles. The zero-order valence-electron chi connectivity index (χ0n) is 22.6. The third-order valence-electron chi connectivity index (χ3n) is 6.45. The van der Waals surface area contributed by atoms with E-state index >= 15 is 0 Å². The van der Waals surface area contributed by atoms with Crippen LogP contribution in [-0.2, 0) is 13.2 Å². The lowest BCUT2D eigenvalue weighted by molar-refractivity contribution is -0.436. The molecule has 0 unspecified atom stereocenters. The van der Waals surface area contributed by atoms with Gasteiger partial charge in [0.15, 0.2) is 0 Å². The van der Waals surface area contributed by atoms with Crippen molar-refractivity contribution in [2.45, 2.75) is 13.2 Å². The van der Waals surface area contributed by atoms with Gasteiger partial charge in [0.25, 0.3) is 5.69 Å². The van der Waals surface area contributed by atoms with Gasteiger partial charge in [0.05, 0.1) is 16.9 Å². The summed E-state index contributed by atoms with van der Waals surface area (Å²) in [5, 5.41) is 27.8. The molecule has 11 heteroatoms. The number of para-hydroxylation sites is 1. The summed E-state index contributed by atoms with van der Waals surface area (Å²) in [5.41, 5.74) is 3.93. The molecular weight excluding hydrogens is 587 g/mol. The highest BCUT2D eigenvalue weighted by Crippen LogP contribution is 2.26. The number of hydrogen-bond donors (Lipinski definition) is 0. The molecule has 0 aliphatic carbocycles. The minimum atomic E-state index is 0.128. The van der Waals surface area contributed by atoms with Gasteiger partial charge in [-0.25, -0.2) is 9.36 Å². The van der Waals surface area contributed by atoms with Crippen LogP contribution in [0.5, 0.6) is 11.8 Å². The van der Waals surface area contributed by atoms with Crippen molar-refractivity contribution in [2.24, 2.45) is 5.11 Å². The predicted octanol–water partition coefficient (Wildman–Crippen LogP) is 8.45. The average molecular weight is 611 g/mol. The van der Waals surface area contributed by atoms with Crippen LogP contribution in [-0.4, -0.2) is 24.4 Å². The van der Waals surface area contributed by atoms with Crippen molar-refractivity contribution in [1.82, 2.24) is 19.6 Å². The number of benzene rings is 4. The van der Waals surface area contributed by atoms with Gasteiger partial charge in [-0.3, -0.25) is 0 Å². The van der Waals surface area contributed by atoms with E-state index in [0.717, 1.165) is 16.9 Å². The van der Waals surface area contributed by atoms with E-state index in [1.807, 2.05) is 54.6 Å². The summed E-state index contributed by atoms with van der Waals surface area (Å²) in [4.78, 5) is 0.596. The van der Waals surface area contributed by atoms with Crippen LogP contribution in [0.4, 0.5) is 11.4 Å². The predicted molar refractivity (Wildman–Crippen MR) is 164 cm³/mol. The number of nitrogens with zero attached hydrogens (tertiary/aromatic N) is 6. The van der Waals surface area contributed by atoms with Gasteiger partial charge >= 0.3 is 0 Å². The Hall–Kier alpha value is -5.12. The molecule has 0 aliphatic rings. The molecule has 0 saturated heterocycles. The van der Waals surface area contributed by atoms with E-state index in [0.29, 0.717) is 43.6 Å². The van der Waals surface area contributed by atoms with Gasteiger partial charge in [-0.05, 0) is 65.5 Å². The Bertz CT molecular complexity index is 1870. The van der Waals surface area contributed by atoms with Crippen LogP contribution >= 0.6 is 23.2 Å². The maximum absolute atomic E-state index is 13.3. The minimum absolute atomic E-state index is 0.128. The van der Waals surface area contributed by atoms with E-state index in [1.54, 1.807) is 76.4 Å². The molecule has 2 aromatic heterocycles. The quantitative estimate of drug-likeness (QED) is 0.0881. The summed E-state index contributed by atoms with van der Waals surface area (Å²) in [6, 6.07) is 32.6. The number of ether oxygens (including phenoxy) is 2. The Kier molecular flexibility index (Phi) is 8.35. The van der Waals surface area contributed by atoms with Gasteiger partial charge < -0.3 is 14.7 Å². The number of azo groups is 1. The fourth-order valence-corrected chi connectivity index (χ4v) is 4.50. The molecule has 0 amide bonds. The molecule has 0 spiro atoms. The number of rotatable bonds is 10.